The van der Waals surface area contributed by atoms with E-state index in [9.17, 15) is 4.79 Å². The van der Waals surface area contributed by atoms with E-state index in [0.717, 1.165) is 63.4 Å². The number of aryl methyl sites for hydroxylation is 1. The average Bonchev–Trinajstić information content (AvgIpc) is 3.37. The van der Waals surface area contributed by atoms with Crippen LogP contribution in [-0.4, -0.2) is 22.8 Å². The van der Waals surface area contributed by atoms with Crippen LogP contribution in [0.2, 0.25) is 0 Å². The molecule has 1 aromatic heterocycles. The quantitative estimate of drug-likeness (QED) is 0.261. The van der Waals surface area contributed by atoms with Crippen LogP contribution in [-0.2, 0) is 21.4 Å². The number of hydrogen-bond acceptors (Lipinski definition) is 3. The van der Waals surface area contributed by atoms with Crippen molar-refractivity contribution < 1.29 is 13.9 Å². The Balaban J connectivity index is 1.45. The average molecular weight is 643 g/mol. The second kappa shape index (κ2) is 10.8. The highest BCUT2D eigenvalue weighted by Crippen LogP contribution is 2.77. The Kier molecular flexibility index (Phi) is 7.59. The van der Waals surface area contributed by atoms with Crippen molar-refractivity contribution in [3.05, 3.63) is 58.2 Å². The molecule has 3 saturated carbocycles. The van der Waals surface area contributed by atoms with Crippen molar-refractivity contribution in [2.24, 2.45) is 44.8 Å². The molecular weight excluding hydrogens is 583 g/mol. The first-order chi connectivity index (χ1) is 22.0. The Hall–Kier alpha value is -2.43. The number of benzene rings is 1. The van der Waals surface area contributed by atoms with E-state index in [4.69, 9.17) is 9.84 Å². The number of carbonyl (C=O) groups excluding carboxylic acids is 1. The standard InChI is InChI=1S/C42H59FN2O2/c1-10-11-21-47-36(46)42-19-17-37(3,4)25-31(42)34-29(27-13-12-14-28(43)22-27)23-33-39(7)24-30-26(2)44-45-35(30)38(5,6)32(39)15-16-40(33,8)41(34,9)18-20-42/h12-14,22,31-33H,10-11,15-21,23-25H2,1-9H3,(H,44,45)/t31-,32-,33?,39-,40+,41+,42-/m0/s1. The Bertz CT molecular complexity index is 1620. The Morgan fingerprint density at radius 3 is 2.49 bits per heavy atom. The van der Waals surface area contributed by atoms with Crippen molar-refractivity contribution in [2.45, 2.75) is 138 Å². The Morgan fingerprint density at radius 1 is 1.02 bits per heavy atom. The first kappa shape index (κ1) is 33.1. The van der Waals surface area contributed by atoms with Gasteiger partial charge in [0, 0.05) is 11.1 Å². The lowest BCUT2D eigenvalue weighted by molar-refractivity contribution is -0.180. The molecular formula is C42H59FN2O2. The number of unbranched alkanes of at least 4 members (excludes halogenated alkanes) is 1. The molecule has 1 N–H and O–H groups in total. The fourth-order valence-corrected chi connectivity index (χ4v) is 12.7. The monoisotopic (exact) mass is 642 g/mol. The van der Waals surface area contributed by atoms with Crippen LogP contribution < -0.4 is 0 Å². The third kappa shape index (κ3) is 4.55. The molecule has 1 aromatic carbocycles. The van der Waals surface area contributed by atoms with Crippen molar-refractivity contribution in [2.75, 3.05) is 6.61 Å². The van der Waals surface area contributed by atoms with Crippen molar-refractivity contribution in [1.82, 2.24) is 10.2 Å². The molecule has 7 atom stereocenters. The molecule has 5 aliphatic carbocycles. The molecule has 1 unspecified atom stereocenters. The maximum absolute atomic E-state index is 15.2. The Morgan fingerprint density at radius 2 is 1.77 bits per heavy atom. The van der Waals surface area contributed by atoms with Crippen LogP contribution in [0.5, 0.6) is 0 Å². The number of hydrogen-bond donors (Lipinski definition) is 1. The highest BCUT2D eigenvalue weighted by atomic mass is 19.1. The third-order valence-corrected chi connectivity index (χ3v) is 15.4. The lowest BCUT2D eigenvalue weighted by Gasteiger charge is -2.71. The number of halogens is 1. The fourth-order valence-electron chi connectivity index (χ4n) is 12.7. The molecule has 0 radical (unpaired) electrons. The van der Waals surface area contributed by atoms with Crippen molar-refractivity contribution >= 4 is 11.5 Å². The molecule has 0 bridgehead atoms. The number of aromatic amines is 1. The number of aromatic nitrogens is 2. The normalized spacial score (nSPS) is 38.4. The van der Waals surface area contributed by atoms with Gasteiger partial charge in [0.1, 0.15) is 5.82 Å². The fraction of sp³-hybridized carbons (Fsp3) is 0.714. The van der Waals surface area contributed by atoms with Crippen LogP contribution in [0.4, 0.5) is 4.39 Å². The summed E-state index contributed by atoms with van der Waals surface area (Å²) in [7, 11) is 0. The van der Waals surface area contributed by atoms with Crippen molar-refractivity contribution in [3.63, 3.8) is 0 Å². The van der Waals surface area contributed by atoms with Crippen LogP contribution in [0.25, 0.3) is 5.57 Å². The summed E-state index contributed by atoms with van der Waals surface area (Å²) in [5, 5.41) is 8.26. The summed E-state index contributed by atoms with van der Waals surface area (Å²) in [6.07, 6.45) is 11.0. The van der Waals surface area contributed by atoms with Gasteiger partial charge in [-0.15, -0.1) is 0 Å². The van der Waals surface area contributed by atoms with E-state index in [-0.39, 0.29) is 44.8 Å². The molecule has 5 heteroatoms. The van der Waals surface area contributed by atoms with Gasteiger partial charge in [0.25, 0.3) is 0 Å². The second-order valence-corrected chi connectivity index (χ2v) is 18.6. The molecule has 5 aliphatic rings. The third-order valence-electron chi connectivity index (χ3n) is 15.4. The SMILES string of the molecule is CCCCOC(=O)[C@]12CCC(C)(C)C[C@H]1C1=C(c3cccc(F)c3)CC3[C@@]4(C)Cc5c(n[nH]c5C)C(C)(C)[C@@H]4CC[C@@]3(C)[C@]1(C)CC2. The van der Waals surface area contributed by atoms with Gasteiger partial charge in [-0.05, 0) is 139 Å². The molecule has 0 spiro atoms. The molecule has 0 amide bonds. The van der Waals surface area contributed by atoms with Crippen LogP contribution in [0, 0.1) is 57.6 Å². The number of nitrogens with zero attached hydrogens (tertiary/aromatic N) is 1. The smallest absolute Gasteiger partial charge is 0.312 e. The van der Waals surface area contributed by atoms with Gasteiger partial charge in [-0.1, -0.05) is 79.5 Å². The van der Waals surface area contributed by atoms with Gasteiger partial charge in [0.2, 0.25) is 0 Å². The first-order valence-electron chi connectivity index (χ1n) is 18.8. The van der Waals surface area contributed by atoms with Gasteiger partial charge < -0.3 is 4.74 Å². The highest BCUT2D eigenvalue weighted by Gasteiger charge is 2.70. The van der Waals surface area contributed by atoms with E-state index >= 15 is 4.39 Å². The number of rotatable bonds is 5. The van der Waals surface area contributed by atoms with Crippen molar-refractivity contribution in [1.29, 1.82) is 0 Å². The number of carbonyl (C=O) groups is 1. The maximum atomic E-state index is 15.2. The number of allylic oxidation sites excluding steroid dienone is 2. The molecule has 0 saturated heterocycles. The minimum atomic E-state index is -0.503. The van der Waals surface area contributed by atoms with Crippen LogP contribution >= 0.6 is 0 Å². The maximum Gasteiger partial charge on any atom is 0.312 e. The predicted octanol–water partition coefficient (Wildman–Crippen LogP) is 10.5. The zero-order valence-corrected chi connectivity index (χ0v) is 30.7. The van der Waals surface area contributed by atoms with Gasteiger partial charge in [0.15, 0.2) is 0 Å². The van der Waals surface area contributed by atoms with E-state index < -0.39 is 5.41 Å². The summed E-state index contributed by atoms with van der Waals surface area (Å²) >= 11 is 0. The van der Waals surface area contributed by atoms with E-state index in [1.807, 2.05) is 6.07 Å². The summed E-state index contributed by atoms with van der Waals surface area (Å²) in [6, 6.07) is 7.39. The summed E-state index contributed by atoms with van der Waals surface area (Å²) in [5.74, 6) is 0.877. The zero-order valence-electron chi connectivity index (χ0n) is 30.7. The summed E-state index contributed by atoms with van der Waals surface area (Å²) in [5.41, 5.74) is 7.31. The van der Waals surface area contributed by atoms with Crippen LogP contribution in [0.1, 0.15) is 142 Å². The van der Waals surface area contributed by atoms with Crippen molar-refractivity contribution in [3.8, 4) is 0 Å². The molecule has 2 aromatic rings. The van der Waals surface area contributed by atoms with E-state index in [0.29, 0.717) is 18.4 Å². The summed E-state index contributed by atoms with van der Waals surface area (Å²) in [4.78, 5) is 14.4. The number of esters is 1. The van der Waals surface area contributed by atoms with Gasteiger partial charge in [-0.3, -0.25) is 9.89 Å². The largest absolute Gasteiger partial charge is 0.465 e. The molecule has 256 valence electrons. The number of fused-ring (bicyclic) bond motifs is 8. The van der Waals surface area contributed by atoms with E-state index in [1.165, 1.54) is 40.9 Å². The van der Waals surface area contributed by atoms with Gasteiger partial charge >= 0.3 is 5.97 Å². The number of nitrogens with one attached hydrogen (secondary N) is 1. The number of ether oxygens (including phenoxy) is 1. The van der Waals surface area contributed by atoms with Crippen LogP contribution in [0.15, 0.2) is 29.8 Å². The molecule has 47 heavy (non-hydrogen) atoms. The van der Waals surface area contributed by atoms with E-state index in [1.54, 1.807) is 12.1 Å². The summed E-state index contributed by atoms with van der Waals surface area (Å²) < 4.78 is 21.4. The number of H-pyrrole nitrogens is 1. The van der Waals surface area contributed by atoms with Gasteiger partial charge in [0.05, 0.1) is 17.7 Å². The van der Waals surface area contributed by atoms with E-state index in [2.05, 4.69) is 73.5 Å². The van der Waals surface area contributed by atoms with Gasteiger partial charge in [-0.2, -0.15) is 5.10 Å². The van der Waals surface area contributed by atoms with Crippen LogP contribution in [0.3, 0.4) is 0 Å². The zero-order chi connectivity index (χ0) is 33.8. The minimum Gasteiger partial charge on any atom is -0.465 e. The molecule has 1 heterocycles. The lowest BCUT2D eigenvalue weighted by Crippen LogP contribution is -2.65. The Labute approximate surface area is 283 Å². The molecule has 4 nitrogen and oxygen atoms in total. The topological polar surface area (TPSA) is 55.0 Å². The molecule has 0 aliphatic heterocycles. The predicted molar refractivity (Wildman–Crippen MR) is 187 cm³/mol. The van der Waals surface area contributed by atoms with Gasteiger partial charge in [-0.25, -0.2) is 4.39 Å². The molecule has 3 fully saturated rings. The lowest BCUT2D eigenvalue weighted by atomic mass is 9.32. The molecule has 7 rings (SSSR count). The highest BCUT2D eigenvalue weighted by molar-refractivity contribution is 5.81. The second-order valence-electron chi connectivity index (χ2n) is 18.6. The first-order valence-corrected chi connectivity index (χ1v) is 18.8. The summed E-state index contributed by atoms with van der Waals surface area (Å²) in [6.45, 7) is 22.3. The minimum absolute atomic E-state index is 0.0273.